The van der Waals surface area contributed by atoms with Crippen LogP contribution in [0.4, 0.5) is 0 Å². The van der Waals surface area contributed by atoms with Gasteiger partial charge in [-0.05, 0) is 24.7 Å². The second-order valence-electron chi connectivity index (χ2n) is 4.38. The Hall–Kier alpha value is -0.330. The number of Topliss-reactive ketones (excluding diaryl/α,β-unsaturated/α-hetero) is 1. The third-order valence-corrected chi connectivity index (χ3v) is 3.02. The van der Waals surface area contributed by atoms with Crippen LogP contribution in [-0.2, 0) is 4.79 Å². The van der Waals surface area contributed by atoms with Gasteiger partial charge in [-0.15, -0.1) is 0 Å². The molecule has 0 aromatic carbocycles. The minimum Gasteiger partial charge on any atom is -0.299 e. The molecule has 12 heavy (non-hydrogen) atoms. The Morgan fingerprint density at radius 3 is 2.58 bits per heavy atom. The van der Waals surface area contributed by atoms with Gasteiger partial charge in [-0.25, -0.2) is 0 Å². The maximum absolute atomic E-state index is 11.6. The lowest BCUT2D eigenvalue weighted by Crippen LogP contribution is -2.30. The fraction of sp³-hybridized carbons (Fsp3) is 0.909. The molecular formula is C11H20O. The first-order valence-corrected chi connectivity index (χ1v) is 5.17. The molecule has 1 nitrogen and oxygen atoms in total. The van der Waals surface area contributed by atoms with Crippen molar-refractivity contribution in [2.45, 2.75) is 46.5 Å². The summed E-state index contributed by atoms with van der Waals surface area (Å²) >= 11 is 0. The molecule has 0 N–H and O–H groups in total. The minimum atomic E-state index is 0.381. The number of carbonyl (C=O) groups is 1. The van der Waals surface area contributed by atoms with Crippen LogP contribution in [0, 0.1) is 17.8 Å². The Morgan fingerprint density at radius 2 is 2.08 bits per heavy atom. The van der Waals surface area contributed by atoms with Crippen LogP contribution < -0.4 is 0 Å². The Balaban J connectivity index is 2.54. The van der Waals surface area contributed by atoms with Gasteiger partial charge in [0, 0.05) is 12.3 Å². The quantitative estimate of drug-likeness (QED) is 0.619. The van der Waals surface area contributed by atoms with Gasteiger partial charge in [-0.2, -0.15) is 0 Å². The van der Waals surface area contributed by atoms with Crippen LogP contribution in [0.25, 0.3) is 0 Å². The molecule has 0 aromatic heterocycles. The molecule has 3 atom stereocenters. The molecule has 1 aliphatic rings. The second kappa shape index (κ2) is 4.06. The van der Waals surface area contributed by atoms with Crippen molar-refractivity contribution < 1.29 is 4.79 Å². The lowest BCUT2D eigenvalue weighted by Gasteiger charge is -2.31. The van der Waals surface area contributed by atoms with Crippen molar-refractivity contribution >= 4 is 5.78 Å². The zero-order chi connectivity index (χ0) is 9.14. The lowest BCUT2D eigenvalue weighted by atomic mass is 9.73. The fourth-order valence-corrected chi connectivity index (χ4v) is 2.45. The SMILES string of the molecule is CCCC1C(=O)CC(C)CC1C. The van der Waals surface area contributed by atoms with Gasteiger partial charge < -0.3 is 0 Å². The first kappa shape index (κ1) is 9.76. The monoisotopic (exact) mass is 168 g/mol. The normalized spacial score (nSPS) is 36.9. The lowest BCUT2D eigenvalue weighted by molar-refractivity contribution is -0.128. The van der Waals surface area contributed by atoms with Crippen molar-refractivity contribution in [2.75, 3.05) is 0 Å². The molecule has 0 aromatic rings. The van der Waals surface area contributed by atoms with E-state index in [0.29, 0.717) is 23.5 Å². The van der Waals surface area contributed by atoms with Gasteiger partial charge in [-0.1, -0.05) is 27.2 Å². The highest BCUT2D eigenvalue weighted by Crippen LogP contribution is 2.33. The molecule has 1 saturated carbocycles. The smallest absolute Gasteiger partial charge is 0.136 e. The maximum Gasteiger partial charge on any atom is 0.136 e. The van der Waals surface area contributed by atoms with E-state index in [2.05, 4.69) is 20.8 Å². The molecule has 1 rings (SSSR count). The minimum absolute atomic E-state index is 0.381. The molecule has 0 bridgehead atoms. The Bertz CT molecular complexity index is 162. The zero-order valence-electron chi connectivity index (χ0n) is 8.47. The molecular weight excluding hydrogens is 148 g/mol. The van der Waals surface area contributed by atoms with Gasteiger partial charge >= 0.3 is 0 Å². The number of hydrogen-bond acceptors (Lipinski definition) is 1. The Kier molecular flexibility index (Phi) is 3.30. The zero-order valence-corrected chi connectivity index (χ0v) is 8.47. The van der Waals surface area contributed by atoms with Crippen LogP contribution in [0.3, 0.4) is 0 Å². The molecule has 0 saturated heterocycles. The summed E-state index contributed by atoms with van der Waals surface area (Å²) in [6, 6.07) is 0. The van der Waals surface area contributed by atoms with E-state index < -0.39 is 0 Å². The van der Waals surface area contributed by atoms with Gasteiger partial charge in [-0.3, -0.25) is 4.79 Å². The highest BCUT2D eigenvalue weighted by molar-refractivity contribution is 5.82. The van der Waals surface area contributed by atoms with Crippen molar-refractivity contribution in [1.82, 2.24) is 0 Å². The third kappa shape index (κ3) is 2.09. The molecule has 0 spiro atoms. The van der Waals surface area contributed by atoms with Crippen LogP contribution in [0.5, 0.6) is 0 Å². The molecule has 1 heteroatoms. The largest absolute Gasteiger partial charge is 0.299 e. The Labute approximate surface area is 75.5 Å². The number of carbonyl (C=O) groups excluding carboxylic acids is 1. The summed E-state index contributed by atoms with van der Waals surface area (Å²) in [5.41, 5.74) is 0. The van der Waals surface area contributed by atoms with Gasteiger partial charge in [0.2, 0.25) is 0 Å². The molecule has 0 radical (unpaired) electrons. The van der Waals surface area contributed by atoms with Gasteiger partial charge in [0.25, 0.3) is 0 Å². The van der Waals surface area contributed by atoms with Crippen molar-refractivity contribution in [3.05, 3.63) is 0 Å². The number of hydrogen-bond donors (Lipinski definition) is 0. The van der Waals surface area contributed by atoms with E-state index in [1.807, 2.05) is 0 Å². The highest BCUT2D eigenvalue weighted by Gasteiger charge is 2.31. The van der Waals surface area contributed by atoms with Crippen molar-refractivity contribution in [1.29, 1.82) is 0 Å². The van der Waals surface area contributed by atoms with E-state index in [1.54, 1.807) is 0 Å². The summed E-state index contributed by atoms with van der Waals surface area (Å²) in [7, 11) is 0. The molecule has 0 aliphatic heterocycles. The molecule has 0 amide bonds. The first-order chi connectivity index (χ1) is 5.65. The van der Waals surface area contributed by atoms with E-state index in [1.165, 1.54) is 6.42 Å². The number of rotatable bonds is 2. The van der Waals surface area contributed by atoms with Crippen LogP contribution in [0.2, 0.25) is 0 Å². The van der Waals surface area contributed by atoms with Gasteiger partial charge in [0.05, 0.1) is 0 Å². The summed E-state index contributed by atoms with van der Waals surface area (Å²) in [6.45, 7) is 6.59. The molecule has 1 fully saturated rings. The van der Waals surface area contributed by atoms with Crippen LogP contribution in [-0.4, -0.2) is 5.78 Å². The summed E-state index contributed by atoms with van der Waals surface area (Å²) in [5.74, 6) is 2.15. The topological polar surface area (TPSA) is 17.1 Å². The molecule has 0 heterocycles. The molecule has 3 unspecified atom stereocenters. The standard InChI is InChI=1S/C11H20O/c1-4-5-10-9(3)6-8(2)7-11(10)12/h8-10H,4-7H2,1-3H3. The summed E-state index contributed by atoms with van der Waals surface area (Å²) in [4.78, 5) is 11.6. The van der Waals surface area contributed by atoms with Crippen molar-refractivity contribution in [3.8, 4) is 0 Å². The summed E-state index contributed by atoms with van der Waals surface area (Å²) < 4.78 is 0. The second-order valence-corrected chi connectivity index (χ2v) is 4.38. The van der Waals surface area contributed by atoms with Gasteiger partial charge in [0.15, 0.2) is 0 Å². The van der Waals surface area contributed by atoms with E-state index in [9.17, 15) is 4.79 Å². The predicted molar refractivity (Wildman–Crippen MR) is 51.0 cm³/mol. The van der Waals surface area contributed by atoms with Crippen molar-refractivity contribution in [2.24, 2.45) is 17.8 Å². The summed E-state index contributed by atoms with van der Waals surface area (Å²) in [5, 5.41) is 0. The average molecular weight is 168 g/mol. The van der Waals surface area contributed by atoms with Crippen LogP contribution >= 0.6 is 0 Å². The number of ketones is 1. The highest BCUT2D eigenvalue weighted by atomic mass is 16.1. The van der Waals surface area contributed by atoms with E-state index in [4.69, 9.17) is 0 Å². The Morgan fingerprint density at radius 1 is 1.42 bits per heavy atom. The van der Waals surface area contributed by atoms with Crippen LogP contribution in [0.15, 0.2) is 0 Å². The van der Waals surface area contributed by atoms with E-state index in [0.717, 1.165) is 19.3 Å². The van der Waals surface area contributed by atoms with Crippen LogP contribution in [0.1, 0.15) is 46.5 Å². The van der Waals surface area contributed by atoms with Gasteiger partial charge in [0.1, 0.15) is 5.78 Å². The third-order valence-electron chi connectivity index (χ3n) is 3.02. The molecule has 70 valence electrons. The fourth-order valence-electron chi connectivity index (χ4n) is 2.45. The summed E-state index contributed by atoms with van der Waals surface area (Å²) in [6.07, 6.45) is 4.33. The predicted octanol–water partition coefficient (Wildman–Crippen LogP) is 3.04. The van der Waals surface area contributed by atoms with E-state index in [-0.39, 0.29) is 0 Å². The van der Waals surface area contributed by atoms with Crippen molar-refractivity contribution in [3.63, 3.8) is 0 Å². The molecule has 1 aliphatic carbocycles. The van der Waals surface area contributed by atoms with E-state index >= 15 is 0 Å². The average Bonchev–Trinajstić information content (AvgIpc) is 1.96. The first-order valence-electron chi connectivity index (χ1n) is 5.17. The maximum atomic E-state index is 11.6.